The third-order valence-corrected chi connectivity index (χ3v) is 3.84. The molecule has 12 heavy (non-hydrogen) atoms. The molecule has 1 saturated heterocycles. The second-order valence-corrected chi connectivity index (χ2v) is 5.21. The maximum atomic E-state index is 3.69. The standard InChI is InChI=1S/C11H21N/c1-11(2)7-4-3-5-9-6-8-12-10(9)11/h9-10,12H,3-8H2,1-2H3. The smallest absolute Gasteiger partial charge is 0.0147 e. The van der Waals surface area contributed by atoms with Crippen LogP contribution in [-0.4, -0.2) is 12.6 Å². The summed E-state index contributed by atoms with van der Waals surface area (Å²) in [4.78, 5) is 0. The molecule has 0 aromatic rings. The van der Waals surface area contributed by atoms with Gasteiger partial charge in [0, 0.05) is 6.04 Å². The second-order valence-electron chi connectivity index (χ2n) is 5.21. The van der Waals surface area contributed by atoms with Crippen LogP contribution in [0.5, 0.6) is 0 Å². The molecular formula is C11H21N. The van der Waals surface area contributed by atoms with Crippen LogP contribution >= 0.6 is 0 Å². The van der Waals surface area contributed by atoms with Gasteiger partial charge in [-0.25, -0.2) is 0 Å². The average molecular weight is 167 g/mol. The molecule has 0 spiro atoms. The molecule has 2 atom stereocenters. The van der Waals surface area contributed by atoms with Gasteiger partial charge in [0.2, 0.25) is 0 Å². The van der Waals surface area contributed by atoms with Gasteiger partial charge in [-0.05, 0) is 37.1 Å². The SMILES string of the molecule is CC1(C)CCCCC2CCNC21. The zero-order valence-corrected chi connectivity index (χ0v) is 8.40. The fraction of sp³-hybridized carbons (Fsp3) is 1.00. The van der Waals surface area contributed by atoms with Crippen molar-refractivity contribution in [3.63, 3.8) is 0 Å². The Labute approximate surface area is 75.9 Å². The quantitative estimate of drug-likeness (QED) is 0.584. The summed E-state index contributed by atoms with van der Waals surface area (Å²) in [6.07, 6.45) is 7.23. The van der Waals surface area contributed by atoms with Crippen molar-refractivity contribution in [3.8, 4) is 0 Å². The van der Waals surface area contributed by atoms with Crippen molar-refractivity contribution in [2.24, 2.45) is 11.3 Å². The molecule has 2 aliphatic rings. The Hall–Kier alpha value is -0.0400. The summed E-state index contributed by atoms with van der Waals surface area (Å²) in [5, 5.41) is 3.69. The number of hydrogen-bond acceptors (Lipinski definition) is 1. The molecule has 0 amide bonds. The molecule has 1 aliphatic carbocycles. The van der Waals surface area contributed by atoms with Crippen molar-refractivity contribution < 1.29 is 0 Å². The Morgan fingerprint density at radius 2 is 2.00 bits per heavy atom. The maximum Gasteiger partial charge on any atom is 0.0147 e. The van der Waals surface area contributed by atoms with Gasteiger partial charge in [0.15, 0.2) is 0 Å². The van der Waals surface area contributed by atoms with E-state index >= 15 is 0 Å². The number of fused-ring (bicyclic) bond motifs is 1. The molecule has 0 aromatic heterocycles. The van der Waals surface area contributed by atoms with E-state index in [-0.39, 0.29) is 0 Å². The summed E-state index contributed by atoms with van der Waals surface area (Å²) >= 11 is 0. The lowest BCUT2D eigenvalue weighted by atomic mass is 9.77. The van der Waals surface area contributed by atoms with E-state index in [0.717, 1.165) is 12.0 Å². The Morgan fingerprint density at radius 1 is 1.17 bits per heavy atom. The van der Waals surface area contributed by atoms with Crippen LogP contribution in [0, 0.1) is 11.3 Å². The summed E-state index contributed by atoms with van der Waals surface area (Å²) in [6, 6.07) is 0.819. The van der Waals surface area contributed by atoms with Crippen molar-refractivity contribution in [1.82, 2.24) is 5.32 Å². The highest BCUT2D eigenvalue weighted by molar-refractivity contribution is 4.95. The Bertz CT molecular complexity index is 162. The van der Waals surface area contributed by atoms with Crippen LogP contribution in [-0.2, 0) is 0 Å². The molecule has 1 N–H and O–H groups in total. The Kier molecular flexibility index (Phi) is 2.16. The van der Waals surface area contributed by atoms with Gasteiger partial charge in [-0.3, -0.25) is 0 Å². The zero-order valence-electron chi connectivity index (χ0n) is 8.40. The fourth-order valence-corrected chi connectivity index (χ4v) is 3.13. The normalized spacial score (nSPS) is 40.5. The molecule has 0 bridgehead atoms. The highest BCUT2D eigenvalue weighted by Gasteiger charge is 2.39. The Balaban J connectivity index is 2.13. The molecule has 1 nitrogen and oxygen atoms in total. The molecule has 2 rings (SSSR count). The molecule has 1 saturated carbocycles. The van der Waals surface area contributed by atoms with E-state index in [9.17, 15) is 0 Å². The van der Waals surface area contributed by atoms with E-state index < -0.39 is 0 Å². The first-order valence-corrected chi connectivity index (χ1v) is 5.43. The van der Waals surface area contributed by atoms with Gasteiger partial charge >= 0.3 is 0 Å². The zero-order chi connectivity index (χ0) is 8.60. The number of hydrogen-bond donors (Lipinski definition) is 1. The van der Waals surface area contributed by atoms with Gasteiger partial charge in [-0.2, -0.15) is 0 Å². The summed E-state index contributed by atoms with van der Waals surface area (Å²) < 4.78 is 0. The van der Waals surface area contributed by atoms with Gasteiger partial charge < -0.3 is 5.32 Å². The molecular weight excluding hydrogens is 146 g/mol. The number of rotatable bonds is 0. The molecule has 1 aliphatic heterocycles. The van der Waals surface area contributed by atoms with Crippen molar-refractivity contribution in [2.45, 2.75) is 52.0 Å². The van der Waals surface area contributed by atoms with Crippen LogP contribution in [0.3, 0.4) is 0 Å². The minimum absolute atomic E-state index is 0.553. The van der Waals surface area contributed by atoms with Gasteiger partial charge in [0.25, 0.3) is 0 Å². The van der Waals surface area contributed by atoms with Gasteiger partial charge in [0.1, 0.15) is 0 Å². The van der Waals surface area contributed by atoms with Crippen molar-refractivity contribution >= 4 is 0 Å². The molecule has 2 fully saturated rings. The van der Waals surface area contributed by atoms with Crippen LogP contribution in [0.4, 0.5) is 0 Å². The molecule has 0 radical (unpaired) electrons. The summed E-state index contributed by atoms with van der Waals surface area (Å²) in [7, 11) is 0. The lowest BCUT2D eigenvalue weighted by molar-refractivity contribution is 0.215. The highest BCUT2D eigenvalue weighted by atomic mass is 15.0. The lowest BCUT2D eigenvalue weighted by Crippen LogP contribution is -2.40. The third kappa shape index (κ3) is 1.39. The summed E-state index contributed by atoms with van der Waals surface area (Å²) in [5.74, 6) is 0.988. The van der Waals surface area contributed by atoms with Crippen LogP contribution in [0.25, 0.3) is 0 Å². The predicted molar refractivity (Wildman–Crippen MR) is 52.1 cm³/mol. The van der Waals surface area contributed by atoms with E-state index in [2.05, 4.69) is 19.2 Å². The average Bonchev–Trinajstić information content (AvgIpc) is 2.42. The highest BCUT2D eigenvalue weighted by Crippen LogP contribution is 2.40. The lowest BCUT2D eigenvalue weighted by Gasteiger charge is -2.33. The first-order chi connectivity index (χ1) is 5.70. The van der Waals surface area contributed by atoms with E-state index in [0.29, 0.717) is 5.41 Å². The first-order valence-electron chi connectivity index (χ1n) is 5.43. The predicted octanol–water partition coefficient (Wildman–Crippen LogP) is 2.56. The van der Waals surface area contributed by atoms with Gasteiger partial charge in [-0.1, -0.05) is 26.7 Å². The fourth-order valence-electron chi connectivity index (χ4n) is 3.13. The van der Waals surface area contributed by atoms with E-state index in [1.54, 1.807) is 0 Å². The molecule has 1 heteroatoms. The summed E-state index contributed by atoms with van der Waals surface area (Å²) in [5.41, 5.74) is 0.553. The molecule has 70 valence electrons. The first kappa shape index (κ1) is 8.55. The molecule has 1 heterocycles. The minimum Gasteiger partial charge on any atom is -0.313 e. The van der Waals surface area contributed by atoms with E-state index in [1.807, 2.05) is 0 Å². The maximum absolute atomic E-state index is 3.69. The van der Waals surface area contributed by atoms with Crippen LogP contribution < -0.4 is 5.32 Å². The van der Waals surface area contributed by atoms with Crippen molar-refractivity contribution in [1.29, 1.82) is 0 Å². The topological polar surface area (TPSA) is 12.0 Å². The third-order valence-electron chi connectivity index (χ3n) is 3.84. The van der Waals surface area contributed by atoms with Crippen molar-refractivity contribution in [3.05, 3.63) is 0 Å². The van der Waals surface area contributed by atoms with Crippen LogP contribution in [0.15, 0.2) is 0 Å². The largest absolute Gasteiger partial charge is 0.313 e. The minimum atomic E-state index is 0.553. The van der Waals surface area contributed by atoms with Crippen LogP contribution in [0.1, 0.15) is 46.0 Å². The van der Waals surface area contributed by atoms with Gasteiger partial charge in [-0.15, -0.1) is 0 Å². The van der Waals surface area contributed by atoms with Gasteiger partial charge in [0.05, 0.1) is 0 Å². The van der Waals surface area contributed by atoms with E-state index in [1.165, 1.54) is 38.6 Å². The van der Waals surface area contributed by atoms with Crippen LogP contribution in [0.2, 0.25) is 0 Å². The van der Waals surface area contributed by atoms with Crippen molar-refractivity contribution in [2.75, 3.05) is 6.54 Å². The monoisotopic (exact) mass is 167 g/mol. The molecule has 2 unspecified atom stereocenters. The second kappa shape index (κ2) is 3.02. The van der Waals surface area contributed by atoms with E-state index in [4.69, 9.17) is 0 Å². The Morgan fingerprint density at radius 3 is 2.83 bits per heavy atom. The summed E-state index contributed by atoms with van der Waals surface area (Å²) in [6.45, 7) is 6.14. The number of nitrogens with one attached hydrogen (secondary N) is 1. The molecule has 0 aromatic carbocycles.